The summed E-state index contributed by atoms with van der Waals surface area (Å²) in [5.41, 5.74) is 0.495. The summed E-state index contributed by atoms with van der Waals surface area (Å²) in [5, 5.41) is 10.7. The Hall–Kier alpha value is -0.120. The highest BCUT2D eigenvalue weighted by Crippen LogP contribution is 2.28. The van der Waals surface area contributed by atoms with E-state index in [-0.39, 0.29) is 11.1 Å². The second kappa shape index (κ2) is 5.48. The normalized spacial score (nSPS) is 24.6. The molecule has 1 aliphatic rings. The lowest BCUT2D eigenvalue weighted by molar-refractivity contribution is 0.146. The molecule has 0 saturated carbocycles. The van der Waals surface area contributed by atoms with Crippen LogP contribution in [-0.4, -0.2) is 36.8 Å². The lowest BCUT2D eigenvalue weighted by Gasteiger charge is -2.46. The van der Waals surface area contributed by atoms with Gasteiger partial charge in [-0.2, -0.15) is 0 Å². The van der Waals surface area contributed by atoms with Gasteiger partial charge in [0, 0.05) is 30.2 Å². The summed E-state index contributed by atoms with van der Waals surface area (Å²) in [6.07, 6.45) is 2.42. The van der Waals surface area contributed by atoms with E-state index >= 15 is 0 Å². The first-order chi connectivity index (χ1) is 7.35. The minimum atomic E-state index is 0.248. The maximum Gasteiger partial charge on any atom is 0.0144 e. The van der Waals surface area contributed by atoms with Gasteiger partial charge in [-0.3, -0.25) is 0 Å². The minimum absolute atomic E-state index is 0.248. The Morgan fingerprint density at radius 3 is 2.12 bits per heavy atom. The van der Waals surface area contributed by atoms with Crippen LogP contribution in [0, 0.1) is 0 Å². The first-order valence-electron chi connectivity index (χ1n) is 6.58. The fourth-order valence-electron chi connectivity index (χ4n) is 3.01. The third-order valence-electron chi connectivity index (χ3n) is 3.17. The number of hydrogen-bond donors (Lipinski definition) is 3. The number of hydrogen-bond acceptors (Lipinski definition) is 3. The van der Waals surface area contributed by atoms with Crippen LogP contribution in [0.2, 0.25) is 0 Å². The van der Waals surface area contributed by atoms with Crippen LogP contribution in [0.5, 0.6) is 0 Å². The van der Waals surface area contributed by atoms with Gasteiger partial charge in [0.25, 0.3) is 0 Å². The van der Waals surface area contributed by atoms with Crippen LogP contribution >= 0.6 is 0 Å². The Bertz CT molecular complexity index is 195. The maximum atomic E-state index is 3.71. The van der Waals surface area contributed by atoms with E-state index in [4.69, 9.17) is 0 Å². The first-order valence-corrected chi connectivity index (χ1v) is 6.58. The Morgan fingerprint density at radius 1 is 1.06 bits per heavy atom. The molecule has 0 amide bonds. The molecule has 3 nitrogen and oxygen atoms in total. The molecule has 1 rings (SSSR count). The lowest BCUT2D eigenvalue weighted by atomic mass is 9.79. The molecular formula is C13H29N3. The van der Waals surface area contributed by atoms with Crippen LogP contribution in [0.1, 0.15) is 47.5 Å². The predicted octanol–water partition coefficient (Wildman–Crippen LogP) is 1.49. The van der Waals surface area contributed by atoms with Gasteiger partial charge in [-0.1, -0.05) is 6.92 Å². The van der Waals surface area contributed by atoms with Crippen LogP contribution < -0.4 is 16.0 Å². The first kappa shape index (κ1) is 13.9. The van der Waals surface area contributed by atoms with Crippen molar-refractivity contribution in [2.45, 2.75) is 64.6 Å². The Balaban J connectivity index is 2.36. The quantitative estimate of drug-likeness (QED) is 0.623. The molecule has 0 radical (unpaired) electrons. The van der Waals surface area contributed by atoms with Gasteiger partial charge in [0.15, 0.2) is 0 Å². The molecule has 96 valence electrons. The summed E-state index contributed by atoms with van der Waals surface area (Å²) in [6.45, 7) is 14.5. The summed E-state index contributed by atoms with van der Waals surface area (Å²) in [6, 6.07) is 0.643. The van der Waals surface area contributed by atoms with Crippen LogP contribution in [0.25, 0.3) is 0 Å². The maximum absolute atomic E-state index is 3.71. The second-order valence-electron chi connectivity index (χ2n) is 6.31. The van der Waals surface area contributed by atoms with E-state index in [0.29, 0.717) is 6.04 Å². The van der Waals surface area contributed by atoms with Gasteiger partial charge >= 0.3 is 0 Å². The van der Waals surface area contributed by atoms with Crippen molar-refractivity contribution in [3.63, 3.8) is 0 Å². The number of likely N-dealkylation sites (N-methyl/N-ethyl adjacent to an activating group) is 1. The van der Waals surface area contributed by atoms with E-state index in [9.17, 15) is 0 Å². The highest BCUT2D eigenvalue weighted by atomic mass is 15.1. The SMILES string of the molecule is CCNCCNC1CC(C)(C)NC(C)(C)C1. The molecular weight excluding hydrogens is 198 g/mol. The molecule has 0 aliphatic carbocycles. The molecule has 3 heteroatoms. The molecule has 0 aromatic carbocycles. The third-order valence-corrected chi connectivity index (χ3v) is 3.17. The summed E-state index contributed by atoms with van der Waals surface area (Å²) >= 11 is 0. The zero-order valence-electron chi connectivity index (χ0n) is 11.6. The largest absolute Gasteiger partial charge is 0.316 e. The van der Waals surface area contributed by atoms with Crippen molar-refractivity contribution in [2.75, 3.05) is 19.6 Å². The van der Waals surface area contributed by atoms with E-state index in [1.807, 2.05) is 0 Å². The molecule has 0 spiro atoms. The molecule has 3 N–H and O–H groups in total. The van der Waals surface area contributed by atoms with Gasteiger partial charge in [0.05, 0.1) is 0 Å². The van der Waals surface area contributed by atoms with Gasteiger partial charge in [-0.25, -0.2) is 0 Å². The summed E-state index contributed by atoms with van der Waals surface area (Å²) in [4.78, 5) is 0. The topological polar surface area (TPSA) is 36.1 Å². The molecule has 0 atom stereocenters. The van der Waals surface area contributed by atoms with E-state index < -0.39 is 0 Å². The van der Waals surface area contributed by atoms with Gasteiger partial charge in [0.1, 0.15) is 0 Å². The Kier molecular flexibility index (Phi) is 4.77. The molecule has 0 bridgehead atoms. The highest BCUT2D eigenvalue weighted by molar-refractivity contribution is 4.99. The zero-order valence-corrected chi connectivity index (χ0v) is 11.6. The van der Waals surface area contributed by atoms with Crippen molar-refractivity contribution in [1.82, 2.24) is 16.0 Å². The molecule has 1 saturated heterocycles. The third kappa shape index (κ3) is 4.81. The molecule has 16 heavy (non-hydrogen) atoms. The second-order valence-corrected chi connectivity index (χ2v) is 6.31. The van der Waals surface area contributed by atoms with Crippen LogP contribution in [0.4, 0.5) is 0 Å². The highest BCUT2D eigenvalue weighted by Gasteiger charge is 2.37. The van der Waals surface area contributed by atoms with Crippen molar-refractivity contribution < 1.29 is 0 Å². The molecule has 1 aliphatic heterocycles. The Morgan fingerprint density at radius 2 is 1.62 bits per heavy atom. The van der Waals surface area contributed by atoms with Gasteiger partial charge in [-0.15, -0.1) is 0 Å². The van der Waals surface area contributed by atoms with Gasteiger partial charge in [-0.05, 0) is 47.1 Å². The predicted molar refractivity (Wildman–Crippen MR) is 70.9 cm³/mol. The van der Waals surface area contributed by atoms with Crippen molar-refractivity contribution in [1.29, 1.82) is 0 Å². The zero-order chi connectivity index (χ0) is 12.2. The van der Waals surface area contributed by atoms with Crippen molar-refractivity contribution in [2.24, 2.45) is 0 Å². The minimum Gasteiger partial charge on any atom is -0.316 e. The fraction of sp³-hybridized carbons (Fsp3) is 1.00. The smallest absolute Gasteiger partial charge is 0.0144 e. The fourth-order valence-corrected chi connectivity index (χ4v) is 3.01. The number of rotatable bonds is 5. The molecule has 0 unspecified atom stereocenters. The molecule has 0 aromatic heterocycles. The van der Waals surface area contributed by atoms with Crippen molar-refractivity contribution in [3.05, 3.63) is 0 Å². The van der Waals surface area contributed by atoms with E-state index in [0.717, 1.165) is 19.6 Å². The average molecular weight is 227 g/mol. The van der Waals surface area contributed by atoms with Crippen LogP contribution in [-0.2, 0) is 0 Å². The lowest BCUT2D eigenvalue weighted by Crippen LogP contribution is -2.61. The van der Waals surface area contributed by atoms with Gasteiger partial charge in [0.2, 0.25) is 0 Å². The summed E-state index contributed by atoms with van der Waals surface area (Å²) in [5.74, 6) is 0. The summed E-state index contributed by atoms with van der Waals surface area (Å²) < 4.78 is 0. The van der Waals surface area contributed by atoms with Crippen LogP contribution in [0.15, 0.2) is 0 Å². The van der Waals surface area contributed by atoms with Crippen molar-refractivity contribution in [3.8, 4) is 0 Å². The van der Waals surface area contributed by atoms with E-state index in [2.05, 4.69) is 50.6 Å². The molecule has 1 heterocycles. The average Bonchev–Trinajstić information content (AvgIpc) is 2.07. The summed E-state index contributed by atoms with van der Waals surface area (Å²) in [7, 11) is 0. The number of piperidine rings is 1. The van der Waals surface area contributed by atoms with Crippen LogP contribution in [0.3, 0.4) is 0 Å². The van der Waals surface area contributed by atoms with Crippen molar-refractivity contribution >= 4 is 0 Å². The standard InChI is InChI=1S/C13H29N3/c1-6-14-7-8-15-11-9-12(2,3)16-13(4,5)10-11/h11,14-16H,6-10H2,1-5H3. The van der Waals surface area contributed by atoms with E-state index in [1.54, 1.807) is 0 Å². The van der Waals surface area contributed by atoms with Gasteiger partial charge < -0.3 is 16.0 Å². The molecule has 1 fully saturated rings. The number of nitrogens with one attached hydrogen (secondary N) is 3. The Labute approximate surface area is 101 Å². The molecule has 0 aromatic rings. The van der Waals surface area contributed by atoms with E-state index in [1.165, 1.54) is 12.8 Å². The monoisotopic (exact) mass is 227 g/mol.